The largest absolute Gasteiger partial charge is 0.467 e. The predicted molar refractivity (Wildman–Crippen MR) is 91.3 cm³/mol. The Kier molecular flexibility index (Phi) is 4.96. The van der Waals surface area contributed by atoms with E-state index in [2.05, 4.69) is 10.3 Å². The molecule has 0 aromatic carbocycles. The average molecular weight is 366 g/mol. The number of rotatable bonds is 6. The van der Waals surface area contributed by atoms with Crippen LogP contribution in [0.15, 0.2) is 29.0 Å². The summed E-state index contributed by atoms with van der Waals surface area (Å²) in [4.78, 5) is 16.7. The average Bonchev–Trinajstić information content (AvgIpc) is 3.22. The highest BCUT2D eigenvalue weighted by atomic mass is 32.2. The lowest BCUT2D eigenvalue weighted by molar-refractivity contribution is 0.0943. The lowest BCUT2D eigenvalue weighted by Gasteiger charge is -2.32. The summed E-state index contributed by atoms with van der Waals surface area (Å²) in [5.74, 6) is 1.05. The van der Waals surface area contributed by atoms with Crippen LogP contribution in [0.2, 0.25) is 0 Å². The maximum Gasteiger partial charge on any atom is 0.271 e. The fourth-order valence-corrected chi connectivity index (χ4v) is 4.69. The molecule has 25 heavy (non-hydrogen) atoms. The molecule has 0 saturated heterocycles. The van der Waals surface area contributed by atoms with E-state index in [0.29, 0.717) is 31.1 Å². The summed E-state index contributed by atoms with van der Waals surface area (Å²) >= 11 is 0. The molecule has 0 bridgehead atoms. The van der Waals surface area contributed by atoms with Crippen LogP contribution in [-0.2, 0) is 23.1 Å². The molecule has 2 aromatic heterocycles. The Balaban J connectivity index is 1.74. The van der Waals surface area contributed by atoms with E-state index in [0.717, 1.165) is 0 Å². The Morgan fingerprint density at radius 2 is 2.24 bits per heavy atom. The van der Waals surface area contributed by atoms with Crippen LogP contribution in [0.4, 0.5) is 0 Å². The van der Waals surface area contributed by atoms with E-state index in [9.17, 15) is 13.2 Å². The van der Waals surface area contributed by atoms with Gasteiger partial charge in [0.1, 0.15) is 17.3 Å². The van der Waals surface area contributed by atoms with E-state index in [1.165, 1.54) is 4.31 Å². The van der Waals surface area contributed by atoms with Crippen molar-refractivity contribution >= 4 is 15.9 Å². The highest BCUT2D eigenvalue weighted by molar-refractivity contribution is 7.89. The summed E-state index contributed by atoms with van der Waals surface area (Å²) < 4.78 is 33.3. The van der Waals surface area contributed by atoms with Crippen molar-refractivity contribution < 1.29 is 17.6 Å². The number of hydrogen-bond acceptors (Lipinski definition) is 5. The zero-order valence-corrected chi connectivity index (χ0v) is 15.1. The van der Waals surface area contributed by atoms with Gasteiger partial charge in [0.2, 0.25) is 10.0 Å². The first-order valence-electron chi connectivity index (χ1n) is 8.29. The predicted octanol–water partition coefficient (Wildman–Crippen LogP) is 1.52. The van der Waals surface area contributed by atoms with Crippen LogP contribution in [0.25, 0.3) is 0 Å². The van der Waals surface area contributed by atoms with Gasteiger partial charge in [-0.1, -0.05) is 6.92 Å². The number of furan rings is 1. The SMILES string of the molecule is CCCS(=O)(=O)N1CCn2cc(C(=O)NCc3ccco3)nc2[C@H]1C. The van der Waals surface area contributed by atoms with Crippen molar-refractivity contribution in [3.05, 3.63) is 41.9 Å². The van der Waals surface area contributed by atoms with Crippen LogP contribution in [0, 0.1) is 0 Å². The summed E-state index contributed by atoms with van der Waals surface area (Å²) in [6.45, 7) is 4.80. The lowest BCUT2D eigenvalue weighted by Crippen LogP contribution is -2.42. The van der Waals surface area contributed by atoms with Crippen LogP contribution < -0.4 is 5.32 Å². The summed E-state index contributed by atoms with van der Waals surface area (Å²) in [6, 6.07) is 3.14. The monoisotopic (exact) mass is 366 g/mol. The number of amides is 1. The van der Waals surface area contributed by atoms with Crippen LogP contribution in [0.5, 0.6) is 0 Å². The molecule has 1 amide bonds. The molecule has 1 aliphatic heterocycles. The molecule has 1 aliphatic rings. The fraction of sp³-hybridized carbons (Fsp3) is 0.500. The van der Waals surface area contributed by atoms with E-state index in [-0.39, 0.29) is 23.9 Å². The second-order valence-electron chi connectivity index (χ2n) is 6.04. The first-order chi connectivity index (χ1) is 11.9. The molecule has 136 valence electrons. The van der Waals surface area contributed by atoms with Crippen molar-refractivity contribution in [2.75, 3.05) is 12.3 Å². The summed E-state index contributed by atoms with van der Waals surface area (Å²) in [5.41, 5.74) is 0.281. The van der Waals surface area contributed by atoms with Crippen molar-refractivity contribution in [3.63, 3.8) is 0 Å². The third kappa shape index (κ3) is 3.62. The van der Waals surface area contributed by atoms with E-state index in [1.807, 2.05) is 11.5 Å². The van der Waals surface area contributed by atoms with Crippen LogP contribution in [0.1, 0.15) is 48.4 Å². The highest BCUT2D eigenvalue weighted by Gasteiger charge is 2.34. The molecule has 9 heteroatoms. The quantitative estimate of drug-likeness (QED) is 0.836. The number of fused-ring (bicyclic) bond motifs is 1. The van der Waals surface area contributed by atoms with Gasteiger partial charge in [0.15, 0.2) is 0 Å². The second-order valence-corrected chi connectivity index (χ2v) is 8.08. The van der Waals surface area contributed by atoms with E-state index >= 15 is 0 Å². The first kappa shape index (κ1) is 17.7. The molecular formula is C16H22N4O4S. The van der Waals surface area contributed by atoms with Crippen LogP contribution >= 0.6 is 0 Å². The minimum absolute atomic E-state index is 0.120. The third-order valence-electron chi connectivity index (χ3n) is 4.23. The molecule has 8 nitrogen and oxygen atoms in total. The molecular weight excluding hydrogens is 344 g/mol. The highest BCUT2D eigenvalue weighted by Crippen LogP contribution is 2.27. The minimum Gasteiger partial charge on any atom is -0.467 e. The van der Waals surface area contributed by atoms with Gasteiger partial charge in [0.05, 0.1) is 24.6 Å². The van der Waals surface area contributed by atoms with E-state index in [4.69, 9.17) is 4.42 Å². The van der Waals surface area contributed by atoms with Crippen LogP contribution in [0.3, 0.4) is 0 Å². The van der Waals surface area contributed by atoms with Crippen molar-refractivity contribution in [3.8, 4) is 0 Å². The maximum atomic E-state index is 12.4. The van der Waals surface area contributed by atoms with Crippen molar-refractivity contribution in [2.24, 2.45) is 0 Å². The van der Waals surface area contributed by atoms with Gasteiger partial charge in [-0.25, -0.2) is 13.4 Å². The molecule has 3 rings (SSSR count). The number of carbonyl (C=O) groups excluding carboxylic acids is 1. The van der Waals surface area contributed by atoms with E-state index in [1.54, 1.807) is 31.5 Å². The summed E-state index contributed by atoms with van der Waals surface area (Å²) in [7, 11) is -3.31. The standard InChI is InChI=1S/C16H22N4O4S/c1-3-9-25(22,23)20-7-6-19-11-14(18-15(19)12(20)2)16(21)17-10-13-5-4-8-24-13/h4-5,8,11-12H,3,6-7,9-10H2,1-2H3,(H,17,21)/t12-/m1/s1. The van der Waals surface area contributed by atoms with Gasteiger partial charge in [-0.15, -0.1) is 0 Å². The van der Waals surface area contributed by atoms with Gasteiger partial charge in [0.25, 0.3) is 5.91 Å². The Hall–Kier alpha value is -2.13. The zero-order valence-electron chi connectivity index (χ0n) is 14.3. The third-order valence-corrected chi connectivity index (χ3v) is 6.37. The number of hydrogen-bond donors (Lipinski definition) is 1. The summed E-state index contributed by atoms with van der Waals surface area (Å²) in [6.07, 6.45) is 3.79. The van der Waals surface area contributed by atoms with Crippen LogP contribution in [-0.4, -0.2) is 40.5 Å². The van der Waals surface area contributed by atoms with Gasteiger partial charge < -0.3 is 14.3 Å². The number of sulfonamides is 1. The number of carbonyl (C=O) groups is 1. The zero-order chi connectivity index (χ0) is 18.0. The minimum atomic E-state index is -3.31. The molecule has 3 heterocycles. The van der Waals surface area contributed by atoms with Gasteiger partial charge in [0, 0.05) is 19.3 Å². The Bertz CT molecular complexity index is 842. The van der Waals surface area contributed by atoms with Crippen molar-refractivity contribution in [1.82, 2.24) is 19.2 Å². The molecule has 1 atom stereocenters. The topological polar surface area (TPSA) is 97.4 Å². The van der Waals surface area contributed by atoms with Gasteiger partial charge >= 0.3 is 0 Å². The molecule has 0 aliphatic carbocycles. The maximum absolute atomic E-state index is 12.4. The Morgan fingerprint density at radius 1 is 1.44 bits per heavy atom. The fourth-order valence-electron chi connectivity index (χ4n) is 3.01. The van der Waals surface area contributed by atoms with Gasteiger partial charge in [-0.05, 0) is 25.5 Å². The number of nitrogens with zero attached hydrogens (tertiary/aromatic N) is 3. The smallest absolute Gasteiger partial charge is 0.271 e. The molecule has 0 unspecified atom stereocenters. The molecule has 1 N–H and O–H groups in total. The Labute approximate surface area is 146 Å². The van der Waals surface area contributed by atoms with Crippen molar-refractivity contribution in [1.29, 1.82) is 0 Å². The molecule has 2 aromatic rings. The first-order valence-corrected chi connectivity index (χ1v) is 9.90. The van der Waals surface area contributed by atoms with Gasteiger partial charge in [-0.3, -0.25) is 4.79 Å². The van der Waals surface area contributed by atoms with Crippen molar-refractivity contribution in [2.45, 2.75) is 39.4 Å². The second kappa shape index (κ2) is 7.01. The molecule has 0 radical (unpaired) electrons. The lowest BCUT2D eigenvalue weighted by atomic mass is 10.2. The summed E-state index contributed by atoms with van der Waals surface area (Å²) in [5, 5.41) is 2.75. The number of imidazole rings is 1. The number of nitrogens with one attached hydrogen (secondary N) is 1. The Morgan fingerprint density at radius 3 is 2.92 bits per heavy atom. The van der Waals surface area contributed by atoms with E-state index < -0.39 is 16.1 Å². The normalized spacial score (nSPS) is 18.1. The molecule has 0 saturated carbocycles. The molecule has 0 fully saturated rings. The number of aromatic nitrogens is 2. The van der Waals surface area contributed by atoms with Gasteiger partial charge in [-0.2, -0.15) is 4.31 Å². The molecule has 0 spiro atoms.